The number of amides is 2. The lowest BCUT2D eigenvalue weighted by molar-refractivity contribution is 0.226. The summed E-state index contributed by atoms with van der Waals surface area (Å²) < 4.78 is 1.72. The number of amidine groups is 1. The summed E-state index contributed by atoms with van der Waals surface area (Å²) in [4.78, 5) is 20.9. The van der Waals surface area contributed by atoms with Gasteiger partial charge in [0.25, 0.3) is 0 Å². The second kappa shape index (κ2) is 5.29. The smallest absolute Gasteiger partial charge is 0.276 e. The first kappa shape index (κ1) is 14.4. The SMILES string of the molecule is O=C1N2CCN=C2c2ccc(Cl)cc2N1Cn1nnc2ccccc21. The molecule has 0 aliphatic carbocycles. The van der Waals surface area contributed by atoms with Gasteiger partial charge in [0.05, 0.1) is 17.7 Å². The minimum atomic E-state index is -0.120. The van der Waals surface area contributed by atoms with Crippen molar-refractivity contribution in [3.63, 3.8) is 0 Å². The van der Waals surface area contributed by atoms with Crippen molar-refractivity contribution in [2.75, 3.05) is 18.0 Å². The first-order chi connectivity index (χ1) is 12.2. The van der Waals surface area contributed by atoms with Gasteiger partial charge in [-0.1, -0.05) is 28.9 Å². The summed E-state index contributed by atoms with van der Waals surface area (Å²) in [5, 5.41) is 8.93. The summed E-state index contributed by atoms with van der Waals surface area (Å²) in [5.41, 5.74) is 3.32. The molecule has 0 saturated carbocycles. The second-order valence-corrected chi connectivity index (χ2v) is 6.38. The van der Waals surface area contributed by atoms with E-state index in [1.807, 2.05) is 36.4 Å². The van der Waals surface area contributed by atoms with Gasteiger partial charge in [-0.2, -0.15) is 0 Å². The number of carbonyl (C=O) groups is 1. The number of fused-ring (bicyclic) bond motifs is 4. The van der Waals surface area contributed by atoms with Gasteiger partial charge in [-0.3, -0.25) is 14.8 Å². The zero-order chi connectivity index (χ0) is 17.0. The van der Waals surface area contributed by atoms with E-state index < -0.39 is 0 Å². The van der Waals surface area contributed by atoms with E-state index in [0.717, 1.165) is 28.1 Å². The van der Waals surface area contributed by atoms with Gasteiger partial charge in [-0.05, 0) is 30.3 Å². The Morgan fingerprint density at radius 1 is 1.16 bits per heavy atom. The van der Waals surface area contributed by atoms with Gasteiger partial charge in [0.1, 0.15) is 18.0 Å². The molecule has 0 fully saturated rings. The van der Waals surface area contributed by atoms with Gasteiger partial charge in [0, 0.05) is 17.1 Å². The first-order valence-corrected chi connectivity index (χ1v) is 8.32. The molecule has 1 aromatic heterocycles. The number of rotatable bonds is 2. The molecule has 0 saturated heterocycles. The number of benzene rings is 2. The van der Waals surface area contributed by atoms with Crippen LogP contribution >= 0.6 is 11.6 Å². The van der Waals surface area contributed by atoms with E-state index in [2.05, 4.69) is 15.3 Å². The summed E-state index contributed by atoms with van der Waals surface area (Å²) in [5.74, 6) is 0.719. The minimum absolute atomic E-state index is 0.120. The molecule has 8 heteroatoms. The van der Waals surface area contributed by atoms with Crippen LogP contribution in [0.3, 0.4) is 0 Å². The van der Waals surface area contributed by atoms with Crippen LogP contribution in [0.4, 0.5) is 10.5 Å². The predicted octanol–water partition coefficient (Wildman–Crippen LogP) is 2.74. The number of para-hydroxylation sites is 1. The number of aliphatic imine (C=N–C) groups is 1. The number of anilines is 1. The standard InChI is InChI=1S/C17H13ClN6O/c18-11-5-6-12-15(9-11)23(17(25)22-8-7-19-16(12)22)10-24-14-4-2-1-3-13(14)20-21-24/h1-6,9H,7-8,10H2. The lowest BCUT2D eigenvalue weighted by Crippen LogP contribution is -2.50. The van der Waals surface area contributed by atoms with Gasteiger partial charge >= 0.3 is 6.03 Å². The van der Waals surface area contributed by atoms with Crippen molar-refractivity contribution in [2.24, 2.45) is 4.99 Å². The number of halogens is 1. The molecule has 0 atom stereocenters. The van der Waals surface area contributed by atoms with Crippen LogP contribution in [0.25, 0.3) is 11.0 Å². The Morgan fingerprint density at radius 3 is 2.96 bits per heavy atom. The lowest BCUT2D eigenvalue weighted by atomic mass is 10.1. The molecular weight excluding hydrogens is 340 g/mol. The number of hydrogen-bond donors (Lipinski definition) is 0. The highest BCUT2D eigenvalue weighted by molar-refractivity contribution is 6.31. The number of nitrogens with zero attached hydrogens (tertiary/aromatic N) is 6. The van der Waals surface area contributed by atoms with E-state index in [-0.39, 0.29) is 12.7 Å². The fourth-order valence-corrected chi connectivity index (χ4v) is 3.49. The fourth-order valence-electron chi connectivity index (χ4n) is 3.32. The first-order valence-electron chi connectivity index (χ1n) is 7.94. The van der Waals surface area contributed by atoms with Crippen molar-refractivity contribution < 1.29 is 4.79 Å². The molecule has 0 N–H and O–H groups in total. The maximum Gasteiger partial charge on any atom is 0.331 e. The maximum absolute atomic E-state index is 13.0. The van der Waals surface area contributed by atoms with Crippen LogP contribution < -0.4 is 4.90 Å². The number of urea groups is 1. The third-order valence-electron chi connectivity index (χ3n) is 4.49. The van der Waals surface area contributed by atoms with Gasteiger partial charge in [-0.25, -0.2) is 9.48 Å². The highest BCUT2D eigenvalue weighted by atomic mass is 35.5. The van der Waals surface area contributed by atoms with Crippen molar-refractivity contribution in [2.45, 2.75) is 6.67 Å². The van der Waals surface area contributed by atoms with E-state index in [4.69, 9.17) is 11.6 Å². The monoisotopic (exact) mass is 352 g/mol. The largest absolute Gasteiger partial charge is 0.331 e. The summed E-state index contributed by atoms with van der Waals surface area (Å²) in [7, 11) is 0. The Hall–Kier alpha value is -2.93. The highest BCUT2D eigenvalue weighted by Crippen LogP contribution is 2.33. The molecule has 7 nitrogen and oxygen atoms in total. The summed E-state index contributed by atoms with van der Waals surface area (Å²) in [6.45, 7) is 1.46. The zero-order valence-electron chi connectivity index (χ0n) is 13.1. The average molecular weight is 353 g/mol. The number of aromatic nitrogens is 3. The average Bonchev–Trinajstić information content (AvgIpc) is 3.26. The summed E-state index contributed by atoms with van der Waals surface area (Å²) >= 11 is 6.18. The van der Waals surface area contributed by atoms with E-state index in [1.54, 1.807) is 20.5 Å². The van der Waals surface area contributed by atoms with Crippen LogP contribution in [-0.4, -0.2) is 44.9 Å². The minimum Gasteiger partial charge on any atom is -0.276 e. The molecule has 3 aromatic rings. The van der Waals surface area contributed by atoms with Crippen LogP contribution in [0.15, 0.2) is 47.5 Å². The Balaban J connectivity index is 1.63. The molecule has 0 bridgehead atoms. The van der Waals surface area contributed by atoms with E-state index in [1.165, 1.54) is 0 Å². The molecule has 2 aromatic carbocycles. The normalized spacial score (nSPS) is 16.2. The van der Waals surface area contributed by atoms with Crippen molar-refractivity contribution in [3.8, 4) is 0 Å². The zero-order valence-corrected chi connectivity index (χ0v) is 13.9. The topological polar surface area (TPSA) is 66.6 Å². The van der Waals surface area contributed by atoms with Gasteiger partial charge in [-0.15, -0.1) is 5.10 Å². The summed E-state index contributed by atoms with van der Waals surface area (Å²) in [6.07, 6.45) is 0. The fraction of sp³-hybridized carbons (Fsp3) is 0.176. The van der Waals surface area contributed by atoms with Gasteiger partial charge < -0.3 is 0 Å². The third-order valence-corrected chi connectivity index (χ3v) is 4.72. The molecule has 2 aliphatic rings. The van der Waals surface area contributed by atoms with Crippen LogP contribution in [0.1, 0.15) is 5.56 Å². The van der Waals surface area contributed by atoms with E-state index >= 15 is 0 Å². The molecular formula is C17H13ClN6O. The molecule has 2 amide bonds. The third kappa shape index (κ3) is 2.12. The highest BCUT2D eigenvalue weighted by Gasteiger charge is 2.37. The Morgan fingerprint density at radius 2 is 2.04 bits per heavy atom. The molecule has 0 radical (unpaired) electrons. The molecule has 25 heavy (non-hydrogen) atoms. The van der Waals surface area contributed by atoms with Crippen molar-refractivity contribution in [1.29, 1.82) is 0 Å². The van der Waals surface area contributed by atoms with Crippen LogP contribution in [0.5, 0.6) is 0 Å². The van der Waals surface area contributed by atoms with Crippen LogP contribution in [0.2, 0.25) is 5.02 Å². The molecule has 5 rings (SSSR count). The molecule has 2 aliphatic heterocycles. The molecule has 0 unspecified atom stereocenters. The van der Waals surface area contributed by atoms with E-state index in [9.17, 15) is 4.79 Å². The second-order valence-electron chi connectivity index (χ2n) is 5.95. The van der Waals surface area contributed by atoms with Gasteiger partial charge in [0.15, 0.2) is 0 Å². The number of hydrogen-bond acceptors (Lipinski definition) is 4. The Labute approximate surface area is 148 Å². The van der Waals surface area contributed by atoms with Crippen LogP contribution in [-0.2, 0) is 6.67 Å². The Kier molecular flexibility index (Phi) is 3.05. The molecule has 124 valence electrons. The van der Waals surface area contributed by atoms with Crippen LogP contribution in [0, 0.1) is 0 Å². The van der Waals surface area contributed by atoms with Crippen molar-refractivity contribution in [3.05, 3.63) is 53.1 Å². The molecule has 3 heterocycles. The van der Waals surface area contributed by atoms with Gasteiger partial charge in [0.2, 0.25) is 0 Å². The summed E-state index contributed by atoms with van der Waals surface area (Å²) in [6, 6.07) is 13.1. The van der Waals surface area contributed by atoms with Crippen molar-refractivity contribution in [1.82, 2.24) is 19.9 Å². The lowest BCUT2D eigenvalue weighted by Gasteiger charge is -2.35. The maximum atomic E-state index is 13.0. The van der Waals surface area contributed by atoms with E-state index in [0.29, 0.717) is 18.1 Å². The molecule has 0 spiro atoms. The Bertz CT molecular complexity index is 1040. The number of carbonyl (C=O) groups excluding carboxylic acids is 1. The predicted molar refractivity (Wildman–Crippen MR) is 95.0 cm³/mol. The quantitative estimate of drug-likeness (QED) is 0.712. The van der Waals surface area contributed by atoms with Crippen molar-refractivity contribution >= 4 is 40.2 Å².